The van der Waals surface area contributed by atoms with Gasteiger partial charge in [-0.2, -0.15) is 0 Å². The van der Waals surface area contributed by atoms with Crippen molar-refractivity contribution in [2.24, 2.45) is 0 Å². The molecule has 0 unspecified atom stereocenters. The molecule has 0 heterocycles. The largest absolute Gasteiger partial charge is 2.00 e. The first-order valence-electron chi connectivity index (χ1n) is 5.11. The Morgan fingerprint density at radius 1 is 0.471 bits per heavy atom. The van der Waals surface area contributed by atoms with Crippen molar-refractivity contribution in [2.75, 3.05) is 0 Å². The van der Waals surface area contributed by atoms with Gasteiger partial charge in [-0.05, 0) is 0 Å². The first kappa shape index (κ1) is 31.6. The van der Waals surface area contributed by atoms with Crippen LogP contribution in [0.5, 0.6) is 0 Å². The van der Waals surface area contributed by atoms with Crippen LogP contribution in [0.4, 0.5) is 0 Å². The maximum atomic E-state index is 10.1. The smallest absolute Gasteiger partial charge is 0.850 e. The summed E-state index contributed by atoms with van der Waals surface area (Å²) in [5.41, 5.74) is -2.25. The molecule has 0 fully saturated rings. The minimum atomic E-state index is -0.750. The molecule has 0 aliphatic rings. The van der Waals surface area contributed by atoms with E-state index in [9.17, 15) is 15.3 Å². The van der Waals surface area contributed by atoms with E-state index < -0.39 is 16.8 Å². The van der Waals surface area contributed by atoms with Crippen molar-refractivity contribution in [1.29, 1.82) is 0 Å². The monoisotopic (exact) mass is 282 g/mol. The summed E-state index contributed by atoms with van der Waals surface area (Å²) in [6.07, 6.45) is 0. The van der Waals surface area contributed by atoms with Gasteiger partial charge >= 0.3 is 74.4 Å². The molecule has 0 aliphatic heterocycles. The van der Waals surface area contributed by atoms with E-state index in [0.29, 0.717) is 0 Å². The van der Waals surface area contributed by atoms with Crippen molar-refractivity contribution >= 4 is 23.1 Å². The number of hydrogen-bond donors (Lipinski definition) is 0. The maximum absolute atomic E-state index is 10.1. The van der Waals surface area contributed by atoms with E-state index >= 15 is 0 Å². The molecule has 0 radical (unpaired) electrons. The van der Waals surface area contributed by atoms with Crippen LogP contribution in [-0.2, 0) is 0 Å². The average Bonchev–Trinajstić information content (AvgIpc) is 1.41. The standard InChI is InChI=1S/3C4H9O.K.Mg/c3*1-4(2,3)5;;/h3*1-3H3;;/q3*-1;+1;+2. The Labute approximate surface area is 166 Å². The SMILES string of the molecule is CC(C)(C)[O-].CC(C)(C)[O-].CC(C)(C)[O-].[K+].[Mg+2]. The van der Waals surface area contributed by atoms with Crippen LogP contribution < -0.4 is 66.7 Å². The third kappa shape index (κ3) is 930. The Bertz CT molecular complexity index is 96.8. The summed E-state index contributed by atoms with van der Waals surface area (Å²) in [7, 11) is 0. The zero-order valence-corrected chi connectivity index (χ0v) is 18.0. The van der Waals surface area contributed by atoms with Crippen molar-refractivity contribution in [3.63, 3.8) is 0 Å². The predicted octanol–water partition coefficient (Wildman–Crippen LogP) is -2.94. The van der Waals surface area contributed by atoms with Crippen LogP contribution in [0.25, 0.3) is 0 Å². The van der Waals surface area contributed by atoms with Gasteiger partial charge in [-0.25, -0.2) is 0 Å². The van der Waals surface area contributed by atoms with Gasteiger partial charge in [0, 0.05) is 0 Å². The van der Waals surface area contributed by atoms with Gasteiger partial charge in [-0.15, -0.1) is 16.8 Å². The van der Waals surface area contributed by atoms with Gasteiger partial charge in [0.25, 0.3) is 0 Å². The first-order chi connectivity index (χ1) is 6.00. The molecule has 0 aromatic heterocycles. The topological polar surface area (TPSA) is 69.2 Å². The van der Waals surface area contributed by atoms with Crippen molar-refractivity contribution < 1.29 is 66.7 Å². The van der Waals surface area contributed by atoms with E-state index in [-0.39, 0.29) is 74.4 Å². The van der Waals surface area contributed by atoms with Crippen LogP contribution in [0.1, 0.15) is 62.3 Å². The molecule has 3 nitrogen and oxygen atoms in total. The molecular weight excluding hydrogens is 256 g/mol. The Balaban J connectivity index is -0.0000000400. The molecule has 0 aromatic carbocycles. The molecule has 5 heteroatoms. The van der Waals surface area contributed by atoms with Gasteiger partial charge in [0.1, 0.15) is 0 Å². The van der Waals surface area contributed by atoms with E-state index in [4.69, 9.17) is 0 Å². The molecule has 0 aliphatic carbocycles. The normalized spacial score (nSPS) is 10.6. The van der Waals surface area contributed by atoms with Crippen LogP contribution in [0.2, 0.25) is 0 Å². The number of rotatable bonds is 0. The van der Waals surface area contributed by atoms with E-state index in [2.05, 4.69) is 0 Å². The van der Waals surface area contributed by atoms with E-state index in [1.54, 1.807) is 62.3 Å². The third-order valence-corrected chi connectivity index (χ3v) is 0. The zero-order chi connectivity index (χ0) is 13.5. The fourth-order valence-corrected chi connectivity index (χ4v) is 0. The average molecular weight is 283 g/mol. The number of hydrogen-bond acceptors (Lipinski definition) is 3. The summed E-state index contributed by atoms with van der Waals surface area (Å²) in [5, 5.41) is 30.3. The summed E-state index contributed by atoms with van der Waals surface area (Å²) < 4.78 is 0. The van der Waals surface area contributed by atoms with Gasteiger partial charge in [-0.3, -0.25) is 0 Å². The van der Waals surface area contributed by atoms with E-state index in [0.717, 1.165) is 0 Å². The molecule has 0 aromatic rings. The van der Waals surface area contributed by atoms with Gasteiger partial charge < -0.3 is 15.3 Å². The first-order valence-corrected chi connectivity index (χ1v) is 5.11. The Hall–Kier alpha value is 2.28. The molecule has 0 amide bonds. The van der Waals surface area contributed by atoms with E-state index in [1.165, 1.54) is 0 Å². The second kappa shape index (κ2) is 13.3. The van der Waals surface area contributed by atoms with Crippen molar-refractivity contribution in [2.45, 2.75) is 79.1 Å². The van der Waals surface area contributed by atoms with Gasteiger partial charge in [0.2, 0.25) is 0 Å². The summed E-state index contributed by atoms with van der Waals surface area (Å²) in [4.78, 5) is 0. The summed E-state index contributed by atoms with van der Waals surface area (Å²) in [6.45, 7) is 14.7. The van der Waals surface area contributed by atoms with Crippen LogP contribution in [0.15, 0.2) is 0 Å². The molecule has 0 saturated carbocycles. The molecule has 17 heavy (non-hydrogen) atoms. The fraction of sp³-hybridized carbons (Fsp3) is 1.00. The summed E-state index contributed by atoms with van der Waals surface area (Å²) >= 11 is 0. The molecule has 0 saturated heterocycles. The van der Waals surface area contributed by atoms with Gasteiger partial charge in [0.15, 0.2) is 0 Å². The van der Waals surface area contributed by atoms with Gasteiger partial charge in [-0.1, -0.05) is 62.3 Å². The van der Waals surface area contributed by atoms with E-state index in [1.807, 2.05) is 0 Å². The van der Waals surface area contributed by atoms with Crippen molar-refractivity contribution in [1.82, 2.24) is 0 Å². The predicted molar refractivity (Wildman–Crippen MR) is 65.0 cm³/mol. The third-order valence-electron chi connectivity index (χ3n) is 0. The molecule has 96 valence electrons. The van der Waals surface area contributed by atoms with Crippen LogP contribution in [-0.4, -0.2) is 39.9 Å². The maximum Gasteiger partial charge on any atom is 2.00 e. The zero-order valence-electron chi connectivity index (χ0n) is 13.4. The van der Waals surface area contributed by atoms with Crippen LogP contribution in [0.3, 0.4) is 0 Å². The quantitative estimate of drug-likeness (QED) is 0.447. The summed E-state index contributed by atoms with van der Waals surface area (Å²) in [6, 6.07) is 0. The summed E-state index contributed by atoms with van der Waals surface area (Å²) in [5.74, 6) is 0. The Kier molecular flexibility index (Phi) is 24.7. The molecule has 0 rings (SSSR count). The van der Waals surface area contributed by atoms with Crippen LogP contribution in [0, 0.1) is 0 Å². The minimum Gasteiger partial charge on any atom is -0.850 e. The minimum absolute atomic E-state index is 0. The molecule has 0 atom stereocenters. The van der Waals surface area contributed by atoms with Gasteiger partial charge in [0.05, 0.1) is 0 Å². The Morgan fingerprint density at radius 2 is 0.471 bits per heavy atom. The molecular formula is C12H27KMgO3. The molecule has 0 N–H and O–H groups in total. The molecule has 0 spiro atoms. The van der Waals surface area contributed by atoms with Crippen molar-refractivity contribution in [3.05, 3.63) is 0 Å². The second-order valence-corrected chi connectivity index (χ2v) is 6.34. The van der Waals surface area contributed by atoms with Crippen molar-refractivity contribution in [3.8, 4) is 0 Å². The molecule has 0 bridgehead atoms. The Morgan fingerprint density at radius 3 is 0.471 bits per heavy atom. The second-order valence-electron chi connectivity index (χ2n) is 6.34. The fourth-order valence-electron chi connectivity index (χ4n) is 0. The van der Waals surface area contributed by atoms with Crippen LogP contribution >= 0.6 is 0 Å².